The van der Waals surface area contributed by atoms with Gasteiger partial charge in [-0.3, -0.25) is 0 Å². The summed E-state index contributed by atoms with van der Waals surface area (Å²) < 4.78 is 5.59. The third kappa shape index (κ3) is 6.44. The number of nitrogens with one attached hydrogen (secondary N) is 1. The van der Waals surface area contributed by atoms with Crippen LogP contribution in [0.25, 0.3) is 0 Å². The van der Waals surface area contributed by atoms with Crippen LogP contribution in [-0.2, 0) is 17.8 Å². The van der Waals surface area contributed by atoms with E-state index < -0.39 is 0 Å². The Morgan fingerprint density at radius 3 is 2.41 bits per heavy atom. The standard InChI is InChI=1S/C15H25NO/c1-3-5-12-17-13-15-8-6-14(7-9-15)10-11-16-4-2/h6-9,16H,3-5,10-13H2,1-2H3. The molecule has 1 N–H and O–H groups in total. The predicted molar refractivity (Wildman–Crippen MR) is 73.3 cm³/mol. The molecule has 0 atom stereocenters. The molecule has 17 heavy (non-hydrogen) atoms. The molecule has 0 unspecified atom stereocenters. The molecule has 1 aromatic rings. The van der Waals surface area contributed by atoms with E-state index in [-0.39, 0.29) is 0 Å². The van der Waals surface area contributed by atoms with E-state index in [0.29, 0.717) is 0 Å². The lowest BCUT2D eigenvalue weighted by molar-refractivity contribution is 0.118. The molecule has 0 saturated heterocycles. The van der Waals surface area contributed by atoms with Gasteiger partial charge in [-0.2, -0.15) is 0 Å². The Morgan fingerprint density at radius 1 is 1.06 bits per heavy atom. The van der Waals surface area contributed by atoms with Crippen LogP contribution in [0.1, 0.15) is 37.8 Å². The van der Waals surface area contributed by atoms with E-state index in [1.807, 2.05) is 0 Å². The van der Waals surface area contributed by atoms with Gasteiger partial charge in [0.25, 0.3) is 0 Å². The minimum absolute atomic E-state index is 0.744. The van der Waals surface area contributed by atoms with Crippen molar-refractivity contribution in [1.29, 1.82) is 0 Å². The molecule has 0 heterocycles. The first-order valence-electron chi connectivity index (χ1n) is 6.73. The first kappa shape index (κ1) is 14.2. The van der Waals surface area contributed by atoms with Crippen LogP contribution in [0, 0.1) is 0 Å². The number of likely N-dealkylation sites (N-methyl/N-ethyl adjacent to an activating group) is 1. The van der Waals surface area contributed by atoms with Crippen molar-refractivity contribution in [2.24, 2.45) is 0 Å². The number of benzene rings is 1. The number of hydrogen-bond acceptors (Lipinski definition) is 2. The molecule has 0 aliphatic rings. The third-order valence-electron chi connectivity index (χ3n) is 2.77. The summed E-state index contributed by atoms with van der Waals surface area (Å²) in [5.41, 5.74) is 2.66. The van der Waals surface area contributed by atoms with Crippen molar-refractivity contribution in [3.8, 4) is 0 Å². The number of rotatable bonds is 9. The van der Waals surface area contributed by atoms with Crippen LogP contribution >= 0.6 is 0 Å². The normalized spacial score (nSPS) is 10.7. The summed E-state index contributed by atoms with van der Waals surface area (Å²) in [4.78, 5) is 0. The van der Waals surface area contributed by atoms with Crippen molar-refractivity contribution >= 4 is 0 Å². The zero-order valence-corrected chi connectivity index (χ0v) is 11.2. The molecule has 0 aromatic heterocycles. The lowest BCUT2D eigenvalue weighted by Crippen LogP contribution is -2.15. The molecule has 0 aliphatic heterocycles. The lowest BCUT2D eigenvalue weighted by Gasteiger charge is -2.06. The van der Waals surface area contributed by atoms with E-state index in [0.717, 1.165) is 39.1 Å². The predicted octanol–water partition coefficient (Wildman–Crippen LogP) is 3.16. The second-order valence-corrected chi connectivity index (χ2v) is 4.33. The van der Waals surface area contributed by atoms with Gasteiger partial charge < -0.3 is 10.1 Å². The average molecular weight is 235 g/mol. The number of ether oxygens (including phenoxy) is 1. The maximum absolute atomic E-state index is 5.59. The van der Waals surface area contributed by atoms with Crippen LogP contribution in [0.2, 0.25) is 0 Å². The fraction of sp³-hybridized carbons (Fsp3) is 0.600. The highest BCUT2D eigenvalue weighted by Crippen LogP contribution is 2.06. The molecule has 0 saturated carbocycles. The highest BCUT2D eigenvalue weighted by atomic mass is 16.5. The van der Waals surface area contributed by atoms with Crippen LogP contribution in [-0.4, -0.2) is 19.7 Å². The van der Waals surface area contributed by atoms with E-state index in [2.05, 4.69) is 43.4 Å². The maximum atomic E-state index is 5.59. The highest BCUT2D eigenvalue weighted by Gasteiger charge is 1.95. The highest BCUT2D eigenvalue weighted by molar-refractivity contribution is 5.22. The van der Waals surface area contributed by atoms with E-state index in [1.165, 1.54) is 17.5 Å². The Labute approximate surface area is 105 Å². The van der Waals surface area contributed by atoms with Gasteiger partial charge in [-0.05, 0) is 37.1 Å². The fourth-order valence-corrected chi connectivity index (χ4v) is 1.65. The Balaban J connectivity index is 2.24. The minimum Gasteiger partial charge on any atom is -0.377 e. The van der Waals surface area contributed by atoms with E-state index in [4.69, 9.17) is 4.74 Å². The van der Waals surface area contributed by atoms with Crippen molar-refractivity contribution in [3.63, 3.8) is 0 Å². The molecule has 0 spiro atoms. The number of hydrogen-bond donors (Lipinski definition) is 1. The average Bonchev–Trinajstić information content (AvgIpc) is 2.37. The number of unbranched alkanes of at least 4 members (excludes halogenated alkanes) is 1. The summed E-state index contributed by atoms with van der Waals surface area (Å²) in [6.45, 7) is 8.04. The van der Waals surface area contributed by atoms with Crippen molar-refractivity contribution in [1.82, 2.24) is 5.32 Å². The van der Waals surface area contributed by atoms with Gasteiger partial charge in [-0.15, -0.1) is 0 Å². The van der Waals surface area contributed by atoms with Crippen molar-refractivity contribution in [3.05, 3.63) is 35.4 Å². The van der Waals surface area contributed by atoms with Gasteiger partial charge in [0.15, 0.2) is 0 Å². The monoisotopic (exact) mass is 235 g/mol. The van der Waals surface area contributed by atoms with Crippen LogP contribution in [0.15, 0.2) is 24.3 Å². The molecular weight excluding hydrogens is 210 g/mol. The summed E-state index contributed by atoms with van der Waals surface area (Å²) in [6.07, 6.45) is 3.45. The molecule has 0 aliphatic carbocycles. The van der Waals surface area contributed by atoms with E-state index >= 15 is 0 Å². The van der Waals surface area contributed by atoms with E-state index in [9.17, 15) is 0 Å². The first-order chi connectivity index (χ1) is 8.36. The third-order valence-corrected chi connectivity index (χ3v) is 2.77. The summed E-state index contributed by atoms with van der Waals surface area (Å²) in [6, 6.07) is 8.76. The molecule has 2 nitrogen and oxygen atoms in total. The molecule has 0 radical (unpaired) electrons. The van der Waals surface area contributed by atoms with Crippen LogP contribution in [0.4, 0.5) is 0 Å². The van der Waals surface area contributed by atoms with E-state index in [1.54, 1.807) is 0 Å². The quantitative estimate of drug-likeness (QED) is 0.664. The topological polar surface area (TPSA) is 21.3 Å². The molecule has 0 bridgehead atoms. The summed E-state index contributed by atoms with van der Waals surface area (Å²) in [5, 5.41) is 3.33. The molecule has 1 aromatic carbocycles. The smallest absolute Gasteiger partial charge is 0.0716 e. The summed E-state index contributed by atoms with van der Waals surface area (Å²) >= 11 is 0. The van der Waals surface area contributed by atoms with Gasteiger partial charge in [0, 0.05) is 6.61 Å². The molecule has 0 fully saturated rings. The van der Waals surface area contributed by atoms with Gasteiger partial charge in [-0.1, -0.05) is 44.5 Å². The van der Waals surface area contributed by atoms with Gasteiger partial charge in [-0.25, -0.2) is 0 Å². The molecule has 96 valence electrons. The maximum Gasteiger partial charge on any atom is 0.0716 e. The van der Waals surface area contributed by atoms with Gasteiger partial charge >= 0.3 is 0 Å². The first-order valence-corrected chi connectivity index (χ1v) is 6.73. The molecule has 2 heteroatoms. The Morgan fingerprint density at radius 2 is 1.76 bits per heavy atom. The molecule has 1 rings (SSSR count). The minimum atomic E-state index is 0.744. The van der Waals surface area contributed by atoms with Crippen LogP contribution in [0.5, 0.6) is 0 Å². The van der Waals surface area contributed by atoms with Gasteiger partial charge in [0.2, 0.25) is 0 Å². The largest absolute Gasteiger partial charge is 0.377 e. The zero-order valence-electron chi connectivity index (χ0n) is 11.2. The van der Waals surface area contributed by atoms with Crippen molar-refractivity contribution in [2.45, 2.75) is 39.7 Å². The van der Waals surface area contributed by atoms with Gasteiger partial charge in [0.05, 0.1) is 6.61 Å². The lowest BCUT2D eigenvalue weighted by atomic mass is 10.1. The SMILES string of the molecule is CCCCOCc1ccc(CCNCC)cc1. The zero-order chi connectivity index (χ0) is 12.3. The van der Waals surface area contributed by atoms with Crippen LogP contribution in [0.3, 0.4) is 0 Å². The second-order valence-electron chi connectivity index (χ2n) is 4.33. The molecular formula is C15H25NO. The Bertz CT molecular complexity index is 281. The van der Waals surface area contributed by atoms with Crippen molar-refractivity contribution in [2.75, 3.05) is 19.7 Å². The second kappa shape index (κ2) is 9.20. The Hall–Kier alpha value is -0.860. The van der Waals surface area contributed by atoms with Gasteiger partial charge in [0.1, 0.15) is 0 Å². The summed E-state index contributed by atoms with van der Waals surface area (Å²) in [7, 11) is 0. The summed E-state index contributed by atoms with van der Waals surface area (Å²) in [5.74, 6) is 0. The Kier molecular flexibility index (Phi) is 7.69. The molecule has 0 amide bonds. The van der Waals surface area contributed by atoms with Crippen molar-refractivity contribution < 1.29 is 4.74 Å². The van der Waals surface area contributed by atoms with Crippen LogP contribution < -0.4 is 5.32 Å². The fourth-order valence-electron chi connectivity index (χ4n) is 1.65.